The molecule has 2 atom stereocenters. The van der Waals surface area contributed by atoms with Gasteiger partial charge in [0, 0.05) is 35.9 Å². The van der Waals surface area contributed by atoms with Crippen molar-refractivity contribution in [3.8, 4) is 11.5 Å². The van der Waals surface area contributed by atoms with Crippen LogP contribution in [0.1, 0.15) is 29.7 Å². The molecule has 0 unspecified atom stereocenters. The first kappa shape index (κ1) is 13.4. The van der Waals surface area contributed by atoms with E-state index in [1.54, 1.807) is 7.11 Å². The molecule has 2 aromatic rings. The van der Waals surface area contributed by atoms with Crippen molar-refractivity contribution >= 4 is 15.9 Å². The molecule has 0 saturated heterocycles. The summed E-state index contributed by atoms with van der Waals surface area (Å²) in [6, 6.07) is 9.62. The van der Waals surface area contributed by atoms with Gasteiger partial charge in [0.15, 0.2) is 0 Å². The van der Waals surface area contributed by atoms with Gasteiger partial charge in [0.05, 0.1) is 7.11 Å². The van der Waals surface area contributed by atoms with Crippen molar-refractivity contribution in [1.29, 1.82) is 0 Å². The minimum absolute atomic E-state index is 0.0432. The SMILES string of the molecule is COc1ccc2c(c1)O[C@@H](c1ccc(Br)nc1)C[C@H]2N. The van der Waals surface area contributed by atoms with Gasteiger partial charge in [0.25, 0.3) is 0 Å². The third-order valence-corrected chi connectivity index (χ3v) is 3.95. The first-order valence-corrected chi connectivity index (χ1v) is 7.18. The van der Waals surface area contributed by atoms with E-state index in [2.05, 4.69) is 20.9 Å². The maximum absolute atomic E-state index is 6.25. The number of halogens is 1. The Morgan fingerprint density at radius 2 is 2.20 bits per heavy atom. The number of benzene rings is 1. The number of hydrogen-bond donors (Lipinski definition) is 1. The van der Waals surface area contributed by atoms with Crippen LogP contribution < -0.4 is 15.2 Å². The fraction of sp³-hybridized carbons (Fsp3) is 0.267. The number of rotatable bonds is 2. The van der Waals surface area contributed by atoms with Crippen molar-refractivity contribution in [1.82, 2.24) is 4.98 Å². The molecule has 0 saturated carbocycles. The molecule has 0 amide bonds. The Morgan fingerprint density at radius 1 is 1.35 bits per heavy atom. The lowest BCUT2D eigenvalue weighted by Gasteiger charge is -2.30. The Bertz CT molecular complexity index is 616. The Kier molecular flexibility index (Phi) is 3.63. The standard InChI is InChI=1S/C15H15BrN2O2/c1-19-10-3-4-11-12(17)7-13(20-14(11)6-10)9-2-5-15(16)18-8-9/h2-6,8,12-13H,7,17H2,1H3/t12-,13-/m1/s1. The number of fused-ring (bicyclic) bond motifs is 1. The highest BCUT2D eigenvalue weighted by molar-refractivity contribution is 9.10. The van der Waals surface area contributed by atoms with Gasteiger partial charge in [-0.1, -0.05) is 12.1 Å². The van der Waals surface area contributed by atoms with Crippen molar-refractivity contribution in [2.45, 2.75) is 18.6 Å². The van der Waals surface area contributed by atoms with Crippen LogP contribution in [-0.2, 0) is 0 Å². The van der Waals surface area contributed by atoms with Gasteiger partial charge in [0.1, 0.15) is 22.2 Å². The van der Waals surface area contributed by atoms with Crippen LogP contribution in [0.2, 0.25) is 0 Å². The van der Waals surface area contributed by atoms with E-state index in [9.17, 15) is 0 Å². The third-order valence-electron chi connectivity index (χ3n) is 3.48. The van der Waals surface area contributed by atoms with E-state index in [4.69, 9.17) is 15.2 Å². The van der Waals surface area contributed by atoms with Crippen LogP contribution in [0.4, 0.5) is 0 Å². The van der Waals surface area contributed by atoms with E-state index in [1.807, 2.05) is 36.5 Å². The molecule has 0 fully saturated rings. The predicted octanol–water partition coefficient (Wildman–Crippen LogP) is 3.38. The molecule has 20 heavy (non-hydrogen) atoms. The average molecular weight is 335 g/mol. The van der Waals surface area contributed by atoms with Gasteiger partial charge in [-0.2, -0.15) is 0 Å². The summed E-state index contributed by atoms with van der Waals surface area (Å²) in [6.45, 7) is 0. The molecule has 3 rings (SSSR count). The van der Waals surface area contributed by atoms with Crippen molar-refractivity contribution in [2.75, 3.05) is 7.11 Å². The summed E-state index contributed by atoms with van der Waals surface area (Å²) >= 11 is 3.33. The predicted molar refractivity (Wildman–Crippen MR) is 79.8 cm³/mol. The summed E-state index contributed by atoms with van der Waals surface area (Å²) in [5.41, 5.74) is 8.29. The van der Waals surface area contributed by atoms with Crippen molar-refractivity contribution in [3.05, 3.63) is 52.3 Å². The van der Waals surface area contributed by atoms with Gasteiger partial charge >= 0.3 is 0 Å². The number of aromatic nitrogens is 1. The molecular weight excluding hydrogens is 320 g/mol. The summed E-state index contributed by atoms with van der Waals surface area (Å²) < 4.78 is 12.1. The highest BCUT2D eigenvalue weighted by atomic mass is 79.9. The maximum atomic E-state index is 6.25. The second-order valence-corrected chi connectivity index (χ2v) is 5.58. The van der Waals surface area contributed by atoms with Crippen molar-refractivity contribution in [2.24, 2.45) is 5.73 Å². The van der Waals surface area contributed by atoms with Crippen molar-refractivity contribution < 1.29 is 9.47 Å². The number of nitrogens with two attached hydrogens (primary N) is 1. The van der Waals surface area contributed by atoms with Gasteiger partial charge in [0.2, 0.25) is 0 Å². The summed E-state index contributed by atoms with van der Waals surface area (Å²) in [7, 11) is 1.64. The maximum Gasteiger partial charge on any atom is 0.128 e. The molecule has 0 spiro atoms. The minimum atomic E-state index is -0.0785. The Labute approximate surface area is 126 Å². The zero-order valence-electron chi connectivity index (χ0n) is 11.0. The van der Waals surface area contributed by atoms with E-state index in [-0.39, 0.29) is 12.1 Å². The van der Waals surface area contributed by atoms with Crippen LogP contribution in [0.5, 0.6) is 11.5 Å². The van der Waals surface area contributed by atoms with Crippen LogP contribution >= 0.6 is 15.9 Å². The van der Waals surface area contributed by atoms with E-state index in [0.717, 1.165) is 33.6 Å². The number of nitrogens with zero attached hydrogens (tertiary/aromatic N) is 1. The van der Waals surface area contributed by atoms with Crippen LogP contribution in [0, 0.1) is 0 Å². The van der Waals surface area contributed by atoms with Crippen LogP contribution in [0.15, 0.2) is 41.1 Å². The Morgan fingerprint density at radius 3 is 2.90 bits per heavy atom. The smallest absolute Gasteiger partial charge is 0.128 e. The third kappa shape index (κ3) is 2.51. The van der Waals surface area contributed by atoms with Gasteiger partial charge < -0.3 is 15.2 Å². The van der Waals surface area contributed by atoms with Crippen LogP contribution in [0.25, 0.3) is 0 Å². The molecule has 5 heteroatoms. The van der Waals surface area contributed by atoms with E-state index < -0.39 is 0 Å². The molecule has 1 aromatic heterocycles. The Hall–Kier alpha value is -1.59. The largest absolute Gasteiger partial charge is 0.497 e. The van der Waals surface area contributed by atoms with Gasteiger partial charge in [-0.25, -0.2) is 4.98 Å². The number of pyridine rings is 1. The topological polar surface area (TPSA) is 57.4 Å². The van der Waals surface area contributed by atoms with Crippen LogP contribution in [-0.4, -0.2) is 12.1 Å². The fourth-order valence-corrected chi connectivity index (χ4v) is 2.63. The molecule has 0 aliphatic carbocycles. The zero-order valence-corrected chi connectivity index (χ0v) is 12.6. The number of ether oxygens (including phenoxy) is 2. The lowest BCUT2D eigenvalue weighted by atomic mass is 9.94. The average Bonchev–Trinajstić information content (AvgIpc) is 2.47. The first-order chi connectivity index (χ1) is 9.67. The summed E-state index contributed by atoms with van der Waals surface area (Å²) in [5, 5.41) is 0. The van der Waals surface area contributed by atoms with Gasteiger partial charge in [-0.15, -0.1) is 0 Å². The lowest BCUT2D eigenvalue weighted by Crippen LogP contribution is -2.24. The Balaban J connectivity index is 1.92. The molecular formula is C15H15BrN2O2. The van der Waals surface area contributed by atoms with Crippen LogP contribution in [0.3, 0.4) is 0 Å². The molecule has 0 radical (unpaired) electrons. The molecule has 1 aliphatic heterocycles. The second-order valence-electron chi connectivity index (χ2n) is 4.77. The molecule has 0 bridgehead atoms. The monoisotopic (exact) mass is 334 g/mol. The highest BCUT2D eigenvalue weighted by Gasteiger charge is 2.27. The molecule has 2 heterocycles. The van der Waals surface area contributed by atoms with E-state index >= 15 is 0 Å². The lowest BCUT2D eigenvalue weighted by molar-refractivity contribution is 0.160. The molecule has 4 nitrogen and oxygen atoms in total. The molecule has 1 aliphatic rings. The normalized spacial score (nSPS) is 20.9. The molecule has 1 aromatic carbocycles. The van der Waals surface area contributed by atoms with E-state index in [0.29, 0.717) is 0 Å². The summed E-state index contributed by atoms with van der Waals surface area (Å²) in [4.78, 5) is 4.24. The highest BCUT2D eigenvalue weighted by Crippen LogP contribution is 2.41. The molecule has 104 valence electrons. The van der Waals surface area contributed by atoms with Gasteiger partial charge in [-0.05, 0) is 28.1 Å². The summed E-state index contributed by atoms with van der Waals surface area (Å²) in [5.74, 6) is 1.56. The number of methoxy groups -OCH3 is 1. The van der Waals surface area contributed by atoms with E-state index in [1.165, 1.54) is 0 Å². The zero-order chi connectivity index (χ0) is 14.1. The molecule has 2 N–H and O–H groups in total. The van der Waals surface area contributed by atoms with Crippen molar-refractivity contribution in [3.63, 3.8) is 0 Å². The second kappa shape index (κ2) is 5.42. The summed E-state index contributed by atoms with van der Waals surface area (Å²) in [6.07, 6.45) is 2.47. The number of hydrogen-bond acceptors (Lipinski definition) is 4. The fourth-order valence-electron chi connectivity index (χ4n) is 2.39. The first-order valence-electron chi connectivity index (χ1n) is 6.39. The quantitative estimate of drug-likeness (QED) is 0.855. The van der Waals surface area contributed by atoms with Gasteiger partial charge in [-0.3, -0.25) is 0 Å². The minimum Gasteiger partial charge on any atom is -0.497 e.